The van der Waals surface area contributed by atoms with Gasteiger partial charge in [0.25, 0.3) is 11.8 Å². The number of aliphatic hydroxyl groups excluding tert-OH is 1. The SMILES string of the molecule is O=C1c2ccccc2C(=O)N1CC(O)CN1CCN(CCc2cccs2)CC1. The van der Waals surface area contributed by atoms with E-state index in [0.717, 1.165) is 39.1 Å². The first kappa shape index (κ1) is 19.3. The van der Waals surface area contributed by atoms with Gasteiger partial charge in [-0.15, -0.1) is 11.3 Å². The van der Waals surface area contributed by atoms with Gasteiger partial charge >= 0.3 is 0 Å². The van der Waals surface area contributed by atoms with Gasteiger partial charge in [0, 0.05) is 44.1 Å². The Morgan fingerprint density at radius 1 is 0.893 bits per heavy atom. The van der Waals surface area contributed by atoms with Gasteiger partial charge in [-0.3, -0.25) is 19.4 Å². The minimum absolute atomic E-state index is 0.0466. The molecule has 0 bridgehead atoms. The van der Waals surface area contributed by atoms with E-state index >= 15 is 0 Å². The van der Waals surface area contributed by atoms with Gasteiger partial charge in [0.15, 0.2) is 0 Å². The van der Waals surface area contributed by atoms with Gasteiger partial charge in [-0.05, 0) is 30.0 Å². The molecule has 1 aromatic heterocycles. The highest BCUT2D eigenvalue weighted by atomic mass is 32.1. The van der Waals surface area contributed by atoms with Gasteiger partial charge in [-0.2, -0.15) is 0 Å². The van der Waals surface area contributed by atoms with Crippen molar-refractivity contribution < 1.29 is 14.7 Å². The van der Waals surface area contributed by atoms with Crippen LogP contribution in [0.25, 0.3) is 0 Å². The zero-order valence-electron chi connectivity index (χ0n) is 15.8. The fourth-order valence-corrected chi connectivity index (χ4v) is 4.59. The molecule has 2 aliphatic heterocycles. The standard InChI is InChI=1S/C21H25N3O3S/c25-16(15-24-20(26)18-5-1-2-6-19(18)21(24)27)14-23-11-9-22(10-12-23)8-7-17-4-3-13-28-17/h1-6,13,16,25H,7-12,14-15H2. The quantitative estimate of drug-likeness (QED) is 0.716. The lowest BCUT2D eigenvalue weighted by molar-refractivity contribution is 0.0401. The fourth-order valence-electron chi connectivity index (χ4n) is 3.89. The molecule has 0 spiro atoms. The second-order valence-electron chi connectivity index (χ2n) is 7.39. The Balaban J connectivity index is 1.22. The Hall–Kier alpha value is -2.06. The second kappa shape index (κ2) is 8.53. The first-order valence-corrected chi connectivity index (χ1v) is 10.6. The summed E-state index contributed by atoms with van der Waals surface area (Å²) in [6.45, 7) is 5.33. The van der Waals surface area contributed by atoms with Crippen molar-refractivity contribution in [1.29, 1.82) is 0 Å². The van der Waals surface area contributed by atoms with Crippen LogP contribution in [-0.4, -0.2) is 83.5 Å². The molecule has 2 aromatic rings. The Morgan fingerprint density at radius 2 is 1.54 bits per heavy atom. The van der Waals surface area contributed by atoms with E-state index in [1.165, 1.54) is 9.78 Å². The molecule has 0 radical (unpaired) electrons. The number of carbonyl (C=O) groups is 2. The van der Waals surface area contributed by atoms with E-state index in [4.69, 9.17) is 0 Å². The van der Waals surface area contributed by atoms with E-state index in [9.17, 15) is 14.7 Å². The average molecular weight is 400 g/mol. The van der Waals surface area contributed by atoms with Gasteiger partial charge in [0.2, 0.25) is 0 Å². The molecule has 6 nitrogen and oxygen atoms in total. The number of nitrogens with zero attached hydrogens (tertiary/aromatic N) is 3. The number of hydrogen-bond donors (Lipinski definition) is 1. The van der Waals surface area contributed by atoms with Crippen molar-refractivity contribution in [2.24, 2.45) is 0 Å². The van der Waals surface area contributed by atoms with Crippen molar-refractivity contribution in [1.82, 2.24) is 14.7 Å². The maximum Gasteiger partial charge on any atom is 0.261 e. The largest absolute Gasteiger partial charge is 0.390 e. The minimum atomic E-state index is -0.736. The molecule has 1 fully saturated rings. The zero-order valence-corrected chi connectivity index (χ0v) is 16.6. The van der Waals surface area contributed by atoms with Crippen LogP contribution < -0.4 is 0 Å². The molecule has 4 rings (SSSR count). The van der Waals surface area contributed by atoms with E-state index in [0.29, 0.717) is 17.7 Å². The van der Waals surface area contributed by atoms with E-state index in [1.807, 2.05) is 0 Å². The predicted octanol–water partition coefficient (Wildman–Crippen LogP) is 1.57. The van der Waals surface area contributed by atoms with Gasteiger partial charge in [0.05, 0.1) is 23.8 Å². The summed E-state index contributed by atoms with van der Waals surface area (Å²) in [5.74, 6) is -0.615. The fraction of sp³-hybridized carbons (Fsp3) is 0.429. The van der Waals surface area contributed by atoms with Gasteiger partial charge in [-0.25, -0.2) is 0 Å². The van der Waals surface area contributed by atoms with Crippen molar-refractivity contribution in [3.63, 3.8) is 0 Å². The number of piperazine rings is 1. The molecular formula is C21H25N3O3S. The summed E-state index contributed by atoms with van der Waals surface area (Å²) in [4.78, 5) is 32.1. The third-order valence-corrected chi connectivity index (χ3v) is 6.40. The first-order valence-electron chi connectivity index (χ1n) is 9.72. The van der Waals surface area contributed by atoms with Crippen molar-refractivity contribution in [3.8, 4) is 0 Å². The minimum Gasteiger partial charge on any atom is -0.390 e. The normalized spacial score (nSPS) is 19.2. The predicted molar refractivity (Wildman–Crippen MR) is 109 cm³/mol. The molecule has 1 N–H and O–H groups in total. The van der Waals surface area contributed by atoms with Crippen molar-refractivity contribution in [3.05, 3.63) is 57.8 Å². The molecule has 0 aliphatic carbocycles. The molecule has 1 unspecified atom stereocenters. The lowest BCUT2D eigenvalue weighted by Gasteiger charge is -2.35. The average Bonchev–Trinajstić information content (AvgIpc) is 3.31. The molecule has 1 atom stereocenters. The summed E-state index contributed by atoms with van der Waals surface area (Å²) in [5.41, 5.74) is 0.859. The van der Waals surface area contributed by atoms with Crippen LogP contribution in [0, 0.1) is 0 Å². The van der Waals surface area contributed by atoms with Crippen LogP contribution in [-0.2, 0) is 6.42 Å². The number of rotatable bonds is 7. The van der Waals surface area contributed by atoms with E-state index < -0.39 is 6.10 Å². The number of amides is 2. The molecule has 2 amide bonds. The summed E-state index contributed by atoms with van der Waals surface area (Å²) in [7, 11) is 0. The Morgan fingerprint density at radius 3 is 2.14 bits per heavy atom. The van der Waals surface area contributed by atoms with Crippen LogP contribution in [0.5, 0.6) is 0 Å². The highest BCUT2D eigenvalue weighted by Crippen LogP contribution is 2.22. The lowest BCUT2D eigenvalue weighted by atomic mass is 10.1. The summed E-state index contributed by atoms with van der Waals surface area (Å²) in [6, 6.07) is 11.1. The molecule has 2 aliphatic rings. The number of carbonyl (C=O) groups excluding carboxylic acids is 2. The maximum absolute atomic E-state index is 12.4. The van der Waals surface area contributed by atoms with Crippen molar-refractivity contribution in [2.75, 3.05) is 45.8 Å². The lowest BCUT2D eigenvalue weighted by Crippen LogP contribution is -2.50. The van der Waals surface area contributed by atoms with Gasteiger partial charge in [-0.1, -0.05) is 18.2 Å². The highest BCUT2D eigenvalue weighted by Gasteiger charge is 2.36. The molecular weight excluding hydrogens is 374 g/mol. The summed E-state index contributed by atoms with van der Waals surface area (Å²) >= 11 is 1.80. The molecule has 3 heterocycles. The van der Waals surface area contributed by atoms with Crippen LogP contribution in [0.4, 0.5) is 0 Å². The molecule has 28 heavy (non-hydrogen) atoms. The van der Waals surface area contributed by atoms with Crippen LogP contribution in [0.1, 0.15) is 25.6 Å². The van der Waals surface area contributed by atoms with Crippen molar-refractivity contribution in [2.45, 2.75) is 12.5 Å². The van der Waals surface area contributed by atoms with E-state index in [2.05, 4.69) is 27.3 Å². The summed E-state index contributed by atoms with van der Waals surface area (Å²) in [5, 5.41) is 12.6. The van der Waals surface area contributed by atoms with Crippen molar-refractivity contribution >= 4 is 23.2 Å². The molecule has 7 heteroatoms. The number of fused-ring (bicyclic) bond motifs is 1. The Bertz CT molecular complexity index is 796. The molecule has 0 saturated carbocycles. The van der Waals surface area contributed by atoms with Crippen LogP contribution >= 0.6 is 11.3 Å². The van der Waals surface area contributed by atoms with Crippen LogP contribution in [0.3, 0.4) is 0 Å². The highest BCUT2D eigenvalue weighted by molar-refractivity contribution is 7.09. The molecule has 148 valence electrons. The van der Waals surface area contributed by atoms with Gasteiger partial charge < -0.3 is 10.0 Å². The topological polar surface area (TPSA) is 64.1 Å². The second-order valence-corrected chi connectivity index (χ2v) is 8.42. The Labute approximate surface area is 169 Å². The number of benzene rings is 1. The number of thiophene rings is 1. The van der Waals surface area contributed by atoms with E-state index in [-0.39, 0.29) is 18.4 Å². The third kappa shape index (κ3) is 4.17. The van der Waals surface area contributed by atoms with Crippen LogP contribution in [0.2, 0.25) is 0 Å². The number of β-amino-alcohol motifs (C(OH)–C–C–N with tert-alkyl or cyclic N) is 1. The molecule has 1 saturated heterocycles. The van der Waals surface area contributed by atoms with E-state index in [1.54, 1.807) is 35.6 Å². The molecule has 1 aromatic carbocycles. The van der Waals surface area contributed by atoms with Crippen LogP contribution in [0.15, 0.2) is 41.8 Å². The number of aliphatic hydroxyl groups is 1. The summed E-state index contributed by atoms with van der Waals surface area (Å²) < 4.78 is 0. The summed E-state index contributed by atoms with van der Waals surface area (Å²) in [6.07, 6.45) is 0.347. The smallest absolute Gasteiger partial charge is 0.261 e. The number of hydrogen-bond acceptors (Lipinski definition) is 6. The third-order valence-electron chi connectivity index (χ3n) is 5.46. The zero-order chi connectivity index (χ0) is 19.5. The first-order chi connectivity index (χ1) is 13.6. The Kier molecular flexibility index (Phi) is 5.87. The number of imide groups is 1. The maximum atomic E-state index is 12.4. The van der Waals surface area contributed by atoms with Gasteiger partial charge in [0.1, 0.15) is 0 Å². The monoisotopic (exact) mass is 399 g/mol.